The highest BCUT2D eigenvalue weighted by Gasteiger charge is 2.13. The predicted molar refractivity (Wildman–Crippen MR) is 93.1 cm³/mol. The van der Waals surface area contributed by atoms with Crippen LogP contribution in [0.4, 0.5) is 5.69 Å². The first kappa shape index (κ1) is 17.7. The van der Waals surface area contributed by atoms with E-state index in [9.17, 15) is 4.79 Å². The van der Waals surface area contributed by atoms with E-state index in [2.05, 4.69) is 20.2 Å². The Morgan fingerprint density at radius 2 is 1.92 bits per heavy atom. The predicted octanol–water partition coefficient (Wildman–Crippen LogP) is -1.03. The van der Waals surface area contributed by atoms with Crippen molar-refractivity contribution in [3.05, 3.63) is 29.8 Å². The maximum atomic E-state index is 12.4. The number of guanidine groups is 2. The fourth-order valence-corrected chi connectivity index (χ4v) is 2.29. The van der Waals surface area contributed by atoms with Gasteiger partial charge in [-0.3, -0.25) is 9.69 Å². The van der Waals surface area contributed by atoms with Crippen LogP contribution >= 0.6 is 0 Å². The fraction of sp³-hybridized carbons (Fsp3) is 0.400. The maximum Gasteiger partial charge on any atom is 0.253 e. The number of hydrogen-bond acceptors (Lipinski definition) is 4. The molecule has 0 unspecified atom stereocenters. The van der Waals surface area contributed by atoms with Gasteiger partial charge in [0, 0.05) is 26.2 Å². The minimum absolute atomic E-state index is 0.108. The first-order chi connectivity index (χ1) is 11.6. The molecular formula is C15H23N7O2. The zero-order valence-corrected chi connectivity index (χ0v) is 13.4. The molecule has 9 nitrogen and oxygen atoms in total. The zero-order chi connectivity index (χ0) is 17.4. The first-order valence-corrected chi connectivity index (χ1v) is 7.67. The smallest absolute Gasteiger partial charge is 0.253 e. The van der Waals surface area contributed by atoms with E-state index in [4.69, 9.17) is 21.9 Å². The molecule has 1 amide bonds. The summed E-state index contributed by atoms with van der Waals surface area (Å²) in [5.41, 5.74) is 17.0. The molecule has 0 aromatic heterocycles. The normalized spacial score (nSPS) is 15.8. The molecule has 7 N–H and O–H groups in total. The van der Waals surface area contributed by atoms with Crippen molar-refractivity contribution in [3.63, 3.8) is 0 Å². The van der Waals surface area contributed by atoms with Crippen molar-refractivity contribution in [1.29, 1.82) is 0 Å². The van der Waals surface area contributed by atoms with Crippen LogP contribution in [0, 0.1) is 0 Å². The Morgan fingerprint density at radius 1 is 1.21 bits per heavy atom. The molecule has 9 heteroatoms. The van der Waals surface area contributed by atoms with Gasteiger partial charge < -0.3 is 27.3 Å². The molecule has 1 aromatic rings. The number of carbonyl (C=O) groups is 1. The molecule has 0 radical (unpaired) electrons. The van der Waals surface area contributed by atoms with E-state index in [1.54, 1.807) is 24.3 Å². The number of nitrogens with zero attached hydrogens (tertiary/aromatic N) is 3. The molecule has 0 bridgehead atoms. The van der Waals surface area contributed by atoms with Crippen molar-refractivity contribution in [2.45, 2.75) is 0 Å². The minimum Gasteiger partial charge on any atom is -0.379 e. The fourth-order valence-electron chi connectivity index (χ4n) is 2.29. The van der Waals surface area contributed by atoms with Crippen molar-refractivity contribution >= 4 is 23.5 Å². The second-order valence-electron chi connectivity index (χ2n) is 5.23. The second-order valence-corrected chi connectivity index (χ2v) is 5.23. The SMILES string of the molecule is NC(N)=NC(N)=Nc1ccccc1C(=O)NCCN1CCOCC1. The van der Waals surface area contributed by atoms with Gasteiger partial charge in [-0.1, -0.05) is 12.1 Å². The molecular weight excluding hydrogens is 310 g/mol. The molecule has 1 heterocycles. The lowest BCUT2D eigenvalue weighted by molar-refractivity contribution is 0.0383. The quantitative estimate of drug-likeness (QED) is 0.400. The van der Waals surface area contributed by atoms with Crippen molar-refractivity contribution < 1.29 is 9.53 Å². The third-order valence-corrected chi connectivity index (χ3v) is 3.44. The summed E-state index contributed by atoms with van der Waals surface area (Å²) in [6.45, 7) is 4.54. The molecule has 24 heavy (non-hydrogen) atoms. The number of nitrogens with one attached hydrogen (secondary N) is 1. The number of aliphatic imine (C=N–C) groups is 2. The van der Waals surface area contributed by atoms with Gasteiger partial charge in [0.2, 0.25) is 5.96 Å². The number of nitrogens with two attached hydrogens (primary N) is 3. The Bertz CT molecular complexity index is 620. The van der Waals surface area contributed by atoms with Crippen LogP contribution in [0.3, 0.4) is 0 Å². The molecule has 0 saturated carbocycles. The Balaban J connectivity index is 1.97. The monoisotopic (exact) mass is 333 g/mol. The molecule has 1 aromatic carbocycles. The highest BCUT2D eigenvalue weighted by molar-refractivity contribution is 6.01. The van der Waals surface area contributed by atoms with Crippen LogP contribution in [0.15, 0.2) is 34.3 Å². The van der Waals surface area contributed by atoms with Gasteiger partial charge >= 0.3 is 0 Å². The molecule has 1 aliphatic heterocycles. The van der Waals surface area contributed by atoms with Gasteiger partial charge in [-0.25, -0.2) is 4.99 Å². The summed E-state index contributed by atoms with van der Waals surface area (Å²) >= 11 is 0. The van der Waals surface area contributed by atoms with Gasteiger partial charge in [0.25, 0.3) is 5.91 Å². The lowest BCUT2D eigenvalue weighted by Crippen LogP contribution is -2.41. The van der Waals surface area contributed by atoms with E-state index in [1.807, 2.05) is 0 Å². The lowest BCUT2D eigenvalue weighted by atomic mass is 10.1. The Kier molecular flexibility index (Phi) is 6.52. The number of carbonyl (C=O) groups excluding carboxylic acids is 1. The number of ether oxygens (including phenoxy) is 1. The van der Waals surface area contributed by atoms with Crippen molar-refractivity contribution in [3.8, 4) is 0 Å². The second kappa shape index (κ2) is 8.85. The van der Waals surface area contributed by atoms with Crippen LogP contribution in [0.2, 0.25) is 0 Å². The molecule has 1 aliphatic rings. The zero-order valence-electron chi connectivity index (χ0n) is 13.4. The number of hydrogen-bond donors (Lipinski definition) is 4. The van der Waals surface area contributed by atoms with Gasteiger partial charge in [-0.15, -0.1) is 0 Å². The van der Waals surface area contributed by atoms with E-state index in [0.29, 0.717) is 17.8 Å². The average Bonchev–Trinajstić information content (AvgIpc) is 2.55. The van der Waals surface area contributed by atoms with Crippen molar-refractivity contribution in [2.75, 3.05) is 39.4 Å². The molecule has 1 saturated heterocycles. The van der Waals surface area contributed by atoms with E-state index in [1.165, 1.54) is 0 Å². The third-order valence-electron chi connectivity index (χ3n) is 3.44. The number of para-hydroxylation sites is 1. The topological polar surface area (TPSA) is 144 Å². The van der Waals surface area contributed by atoms with Crippen molar-refractivity contribution in [2.24, 2.45) is 27.2 Å². The number of morpholine rings is 1. The Labute approximate surface area is 140 Å². The van der Waals surface area contributed by atoms with Crippen LogP contribution < -0.4 is 22.5 Å². The van der Waals surface area contributed by atoms with Gasteiger partial charge in [-0.2, -0.15) is 4.99 Å². The van der Waals surface area contributed by atoms with Crippen molar-refractivity contribution in [1.82, 2.24) is 10.2 Å². The molecule has 0 aliphatic carbocycles. The summed E-state index contributed by atoms with van der Waals surface area (Å²) in [4.78, 5) is 22.3. The third kappa shape index (κ3) is 5.52. The van der Waals surface area contributed by atoms with Gasteiger partial charge in [-0.05, 0) is 12.1 Å². The van der Waals surface area contributed by atoms with Crippen LogP contribution in [0.5, 0.6) is 0 Å². The summed E-state index contributed by atoms with van der Waals surface area (Å²) in [7, 11) is 0. The summed E-state index contributed by atoms with van der Waals surface area (Å²) in [6, 6.07) is 6.86. The van der Waals surface area contributed by atoms with Crippen LogP contribution in [0.1, 0.15) is 10.4 Å². The van der Waals surface area contributed by atoms with E-state index in [-0.39, 0.29) is 17.8 Å². The summed E-state index contributed by atoms with van der Waals surface area (Å²) in [5.74, 6) is -0.521. The Morgan fingerprint density at radius 3 is 2.62 bits per heavy atom. The summed E-state index contributed by atoms with van der Waals surface area (Å²) in [5, 5.41) is 2.88. The van der Waals surface area contributed by atoms with Crippen LogP contribution in [-0.2, 0) is 4.74 Å². The maximum absolute atomic E-state index is 12.4. The summed E-state index contributed by atoms with van der Waals surface area (Å²) in [6.07, 6.45) is 0. The van der Waals surface area contributed by atoms with Gasteiger partial charge in [0.1, 0.15) is 0 Å². The van der Waals surface area contributed by atoms with Gasteiger partial charge in [0.05, 0.1) is 24.5 Å². The van der Waals surface area contributed by atoms with E-state index < -0.39 is 0 Å². The first-order valence-electron chi connectivity index (χ1n) is 7.67. The standard InChI is InChI=1S/C15H23N7O2/c16-14(17)21-15(18)20-12-4-2-1-3-11(12)13(23)19-5-6-22-7-9-24-10-8-22/h1-4H,5-10H2,(H,19,23)(H6,16,17,18,20,21). The number of benzene rings is 1. The molecule has 0 atom stereocenters. The molecule has 0 spiro atoms. The lowest BCUT2D eigenvalue weighted by Gasteiger charge is -2.26. The molecule has 2 rings (SSSR count). The largest absolute Gasteiger partial charge is 0.379 e. The number of amides is 1. The van der Waals surface area contributed by atoms with Crippen LogP contribution in [0.25, 0.3) is 0 Å². The average molecular weight is 333 g/mol. The summed E-state index contributed by atoms with van der Waals surface area (Å²) < 4.78 is 5.29. The highest BCUT2D eigenvalue weighted by atomic mass is 16.5. The Hall–Kier alpha value is -2.65. The van der Waals surface area contributed by atoms with E-state index in [0.717, 1.165) is 32.8 Å². The molecule has 130 valence electrons. The van der Waals surface area contributed by atoms with E-state index >= 15 is 0 Å². The van der Waals surface area contributed by atoms with Crippen LogP contribution in [-0.4, -0.2) is 62.1 Å². The number of rotatable bonds is 5. The molecule has 1 fully saturated rings. The highest BCUT2D eigenvalue weighted by Crippen LogP contribution is 2.18. The minimum atomic E-state index is -0.222. The van der Waals surface area contributed by atoms with Gasteiger partial charge in [0.15, 0.2) is 5.96 Å².